The highest BCUT2D eigenvalue weighted by atomic mass is 35.5. The van der Waals surface area contributed by atoms with E-state index in [1.807, 2.05) is 0 Å². The third-order valence-corrected chi connectivity index (χ3v) is 4.72. The Labute approximate surface area is 165 Å². The summed E-state index contributed by atoms with van der Waals surface area (Å²) in [7, 11) is 1.31. The SMILES string of the molecule is COC(=O)CCOCCOc1cc2c(=O)c(C(=O)O)cn(C3CC3)c2cc1Cl. The van der Waals surface area contributed by atoms with Crippen LogP contribution in [-0.4, -0.2) is 48.5 Å². The van der Waals surface area contributed by atoms with Gasteiger partial charge in [-0.25, -0.2) is 4.79 Å². The van der Waals surface area contributed by atoms with Crippen LogP contribution in [0.2, 0.25) is 5.02 Å². The Hall–Kier alpha value is -2.58. The molecule has 9 heteroatoms. The number of pyridine rings is 1. The van der Waals surface area contributed by atoms with Gasteiger partial charge in [-0.3, -0.25) is 9.59 Å². The molecule has 0 amide bonds. The van der Waals surface area contributed by atoms with Crippen molar-refractivity contribution in [1.29, 1.82) is 0 Å². The van der Waals surface area contributed by atoms with E-state index < -0.39 is 11.4 Å². The number of carbonyl (C=O) groups excluding carboxylic acids is 1. The van der Waals surface area contributed by atoms with Crippen molar-refractivity contribution in [2.75, 3.05) is 26.9 Å². The molecule has 1 aromatic heterocycles. The van der Waals surface area contributed by atoms with Crippen molar-refractivity contribution < 1.29 is 28.9 Å². The van der Waals surface area contributed by atoms with E-state index in [4.69, 9.17) is 21.1 Å². The summed E-state index contributed by atoms with van der Waals surface area (Å²) in [4.78, 5) is 35.0. The quantitative estimate of drug-likeness (QED) is 0.501. The van der Waals surface area contributed by atoms with E-state index in [1.165, 1.54) is 19.4 Å². The summed E-state index contributed by atoms with van der Waals surface area (Å²) in [6, 6.07) is 3.27. The first-order valence-corrected chi connectivity index (χ1v) is 9.19. The lowest BCUT2D eigenvalue weighted by Gasteiger charge is -2.14. The van der Waals surface area contributed by atoms with E-state index in [9.17, 15) is 19.5 Å². The van der Waals surface area contributed by atoms with Crippen molar-refractivity contribution >= 4 is 34.4 Å². The van der Waals surface area contributed by atoms with Gasteiger partial charge in [-0.2, -0.15) is 0 Å². The molecule has 3 rings (SSSR count). The number of halogens is 1. The Morgan fingerprint density at radius 3 is 2.64 bits per heavy atom. The molecule has 1 fully saturated rings. The van der Waals surface area contributed by atoms with Crippen LogP contribution >= 0.6 is 11.6 Å². The maximum absolute atomic E-state index is 12.6. The molecule has 0 radical (unpaired) electrons. The molecule has 1 aromatic carbocycles. The molecule has 8 nitrogen and oxygen atoms in total. The number of methoxy groups -OCH3 is 1. The van der Waals surface area contributed by atoms with Gasteiger partial charge >= 0.3 is 11.9 Å². The summed E-state index contributed by atoms with van der Waals surface area (Å²) in [6.07, 6.45) is 3.38. The first-order valence-electron chi connectivity index (χ1n) is 8.81. The van der Waals surface area contributed by atoms with Crippen LogP contribution in [0.15, 0.2) is 23.1 Å². The molecule has 1 aliphatic carbocycles. The Morgan fingerprint density at radius 2 is 2.00 bits per heavy atom. The molecular formula is C19H20ClNO7. The van der Waals surface area contributed by atoms with E-state index in [0.29, 0.717) is 10.5 Å². The van der Waals surface area contributed by atoms with Gasteiger partial charge in [0.05, 0.1) is 42.7 Å². The molecule has 0 unspecified atom stereocenters. The molecule has 1 saturated carbocycles. The molecule has 0 atom stereocenters. The smallest absolute Gasteiger partial charge is 0.341 e. The fourth-order valence-electron chi connectivity index (χ4n) is 2.84. The van der Waals surface area contributed by atoms with Crippen molar-refractivity contribution in [3.63, 3.8) is 0 Å². The van der Waals surface area contributed by atoms with E-state index in [-0.39, 0.29) is 55.0 Å². The standard InChI is InChI=1S/C19H20ClNO7/c1-26-17(22)4-5-27-6-7-28-16-8-12-15(9-14(16)20)21(11-2-3-11)10-13(18(12)23)19(24)25/h8-11H,2-7H2,1H3,(H,24,25). The highest BCUT2D eigenvalue weighted by Crippen LogP contribution is 2.38. The number of nitrogens with zero attached hydrogens (tertiary/aromatic N) is 1. The Morgan fingerprint density at radius 1 is 1.25 bits per heavy atom. The van der Waals surface area contributed by atoms with E-state index in [2.05, 4.69) is 4.74 Å². The molecule has 1 aliphatic rings. The van der Waals surface area contributed by atoms with Crippen molar-refractivity contribution in [3.05, 3.63) is 39.1 Å². The first-order chi connectivity index (χ1) is 13.4. The lowest BCUT2D eigenvalue weighted by Crippen LogP contribution is -2.19. The second-order valence-corrected chi connectivity index (χ2v) is 6.81. The summed E-state index contributed by atoms with van der Waals surface area (Å²) >= 11 is 6.30. The van der Waals surface area contributed by atoms with Crippen molar-refractivity contribution in [3.8, 4) is 5.75 Å². The van der Waals surface area contributed by atoms with Crippen molar-refractivity contribution in [1.82, 2.24) is 4.57 Å². The second kappa shape index (κ2) is 8.62. The number of rotatable bonds is 9. The number of hydrogen-bond acceptors (Lipinski definition) is 6. The fourth-order valence-corrected chi connectivity index (χ4v) is 3.05. The maximum Gasteiger partial charge on any atom is 0.341 e. The molecule has 2 aromatic rings. The number of carboxylic acid groups (broad SMARTS) is 1. The van der Waals surface area contributed by atoms with Gasteiger partial charge in [0.15, 0.2) is 0 Å². The minimum absolute atomic E-state index is 0.145. The molecule has 150 valence electrons. The van der Waals surface area contributed by atoms with Crippen molar-refractivity contribution in [2.24, 2.45) is 0 Å². The third-order valence-electron chi connectivity index (χ3n) is 4.42. The number of carboxylic acids is 1. The van der Waals surface area contributed by atoms with Gasteiger partial charge in [-0.15, -0.1) is 0 Å². The van der Waals surface area contributed by atoms with Crippen LogP contribution < -0.4 is 10.2 Å². The van der Waals surface area contributed by atoms with Crippen LogP contribution in [0, 0.1) is 0 Å². The molecular weight excluding hydrogens is 390 g/mol. The molecule has 0 spiro atoms. The molecule has 0 bridgehead atoms. The molecule has 0 saturated heterocycles. The number of ether oxygens (including phenoxy) is 3. The van der Waals surface area contributed by atoms with Gasteiger partial charge in [0.1, 0.15) is 17.9 Å². The van der Waals surface area contributed by atoms with Gasteiger partial charge in [-0.1, -0.05) is 11.6 Å². The summed E-state index contributed by atoms with van der Waals surface area (Å²) in [5.74, 6) is -1.36. The molecule has 1 heterocycles. The zero-order valence-electron chi connectivity index (χ0n) is 15.3. The minimum Gasteiger partial charge on any atom is -0.490 e. The van der Waals surface area contributed by atoms with Crippen LogP contribution in [0.25, 0.3) is 10.9 Å². The van der Waals surface area contributed by atoms with Gasteiger partial charge in [0, 0.05) is 12.2 Å². The Balaban J connectivity index is 1.78. The number of hydrogen-bond donors (Lipinski definition) is 1. The van der Waals surface area contributed by atoms with Gasteiger partial charge < -0.3 is 23.9 Å². The molecule has 0 aliphatic heterocycles. The maximum atomic E-state index is 12.6. The number of benzene rings is 1. The van der Waals surface area contributed by atoms with Crippen LogP contribution in [-0.2, 0) is 14.3 Å². The zero-order chi connectivity index (χ0) is 20.3. The summed E-state index contributed by atoms with van der Waals surface area (Å²) in [6.45, 7) is 0.574. The molecule has 1 N–H and O–H groups in total. The molecule has 28 heavy (non-hydrogen) atoms. The topological polar surface area (TPSA) is 104 Å². The lowest BCUT2D eigenvalue weighted by molar-refractivity contribution is -0.141. The lowest BCUT2D eigenvalue weighted by atomic mass is 10.1. The summed E-state index contributed by atoms with van der Waals surface area (Å²) in [5, 5.41) is 9.90. The second-order valence-electron chi connectivity index (χ2n) is 6.40. The first kappa shape index (κ1) is 20.2. The number of aromatic carboxylic acids is 1. The van der Waals surface area contributed by atoms with E-state index in [1.54, 1.807) is 10.6 Å². The van der Waals surface area contributed by atoms with Crippen LogP contribution in [0.4, 0.5) is 0 Å². The van der Waals surface area contributed by atoms with Crippen LogP contribution in [0.1, 0.15) is 35.7 Å². The van der Waals surface area contributed by atoms with Gasteiger partial charge in [0.2, 0.25) is 5.43 Å². The summed E-state index contributed by atoms with van der Waals surface area (Å²) < 4.78 is 17.2. The average Bonchev–Trinajstić information content (AvgIpc) is 3.50. The van der Waals surface area contributed by atoms with Gasteiger partial charge in [0.25, 0.3) is 0 Å². The normalized spacial score (nSPS) is 13.5. The van der Waals surface area contributed by atoms with Crippen LogP contribution in [0.3, 0.4) is 0 Å². The van der Waals surface area contributed by atoms with Crippen LogP contribution in [0.5, 0.6) is 5.75 Å². The summed E-state index contributed by atoms with van der Waals surface area (Å²) in [5.41, 5.74) is -0.266. The highest BCUT2D eigenvalue weighted by Gasteiger charge is 2.27. The number of aromatic nitrogens is 1. The third kappa shape index (κ3) is 4.45. The van der Waals surface area contributed by atoms with Crippen molar-refractivity contribution in [2.45, 2.75) is 25.3 Å². The van der Waals surface area contributed by atoms with Gasteiger partial charge in [-0.05, 0) is 25.0 Å². The largest absolute Gasteiger partial charge is 0.490 e. The zero-order valence-corrected chi connectivity index (χ0v) is 16.0. The number of fused-ring (bicyclic) bond motifs is 1. The fraction of sp³-hybridized carbons (Fsp3) is 0.421. The predicted molar refractivity (Wildman–Crippen MR) is 101 cm³/mol. The van der Waals surface area contributed by atoms with E-state index in [0.717, 1.165) is 12.8 Å². The predicted octanol–water partition coefficient (Wildman–Crippen LogP) is 2.65. The average molecular weight is 410 g/mol. The monoisotopic (exact) mass is 409 g/mol. The minimum atomic E-state index is -1.27. The Bertz CT molecular complexity index is 965. The Kier molecular flexibility index (Phi) is 6.21. The number of esters is 1. The number of carbonyl (C=O) groups is 2. The van der Waals surface area contributed by atoms with E-state index >= 15 is 0 Å². The highest BCUT2D eigenvalue weighted by molar-refractivity contribution is 6.32.